The molecule has 8 nitrogen and oxygen atoms in total. The lowest BCUT2D eigenvalue weighted by Crippen LogP contribution is -2.29. The van der Waals surface area contributed by atoms with Crippen molar-refractivity contribution in [2.24, 2.45) is 0 Å². The van der Waals surface area contributed by atoms with Crippen LogP contribution in [0.25, 0.3) is 11.0 Å². The van der Waals surface area contributed by atoms with Gasteiger partial charge in [0, 0.05) is 12.1 Å². The molecule has 0 bridgehead atoms. The largest absolute Gasteiger partial charge is 0.486 e. The third-order valence-corrected chi connectivity index (χ3v) is 4.37. The monoisotopic (exact) mass is 387 g/mol. The number of carbonyl (C=O) groups is 1. The predicted molar refractivity (Wildman–Crippen MR) is 98.8 cm³/mol. The molecule has 1 aliphatic heterocycles. The summed E-state index contributed by atoms with van der Waals surface area (Å²) in [5.74, 6) is 0.714. The van der Waals surface area contributed by atoms with Crippen LogP contribution in [0.5, 0.6) is 11.5 Å². The number of carbonyl (C=O) groups excluding carboxylic acids is 1. The zero-order chi connectivity index (χ0) is 19.0. The maximum absolute atomic E-state index is 12.4. The second kappa shape index (κ2) is 6.81. The molecule has 1 amide bonds. The van der Waals surface area contributed by atoms with Gasteiger partial charge in [-0.3, -0.25) is 14.4 Å². The van der Waals surface area contributed by atoms with E-state index in [-0.39, 0.29) is 12.5 Å². The van der Waals surface area contributed by atoms with Gasteiger partial charge in [0.15, 0.2) is 11.5 Å². The minimum absolute atomic E-state index is 0.232. The number of H-pyrrole nitrogens is 2. The fourth-order valence-electron chi connectivity index (χ4n) is 2.81. The molecule has 0 radical (unpaired) electrons. The number of benzene rings is 2. The van der Waals surface area contributed by atoms with Crippen LogP contribution < -0.4 is 25.9 Å². The van der Waals surface area contributed by atoms with Crippen molar-refractivity contribution in [2.75, 3.05) is 13.2 Å². The van der Waals surface area contributed by atoms with Crippen molar-refractivity contribution in [3.63, 3.8) is 0 Å². The lowest BCUT2D eigenvalue weighted by molar-refractivity contribution is 0.0951. The lowest BCUT2D eigenvalue weighted by Gasteiger charge is -2.20. The molecule has 0 fully saturated rings. The summed E-state index contributed by atoms with van der Waals surface area (Å²) in [7, 11) is 0. The number of aromatic amines is 2. The zero-order valence-corrected chi connectivity index (χ0v) is 14.7. The van der Waals surface area contributed by atoms with E-state index in [0.717, 1.165) is 5.56 Å². The number of amides is 1. The predicted octanol–water partition coefficient (Wildman–Crippen LogP) is 1.57. The topological polar surface area (TPSA) is 113 Å². The molecule has 0 atom stereocenters. The first-order chi connectivity index (χ1) is 13.0. The van der Waals surface area contributed by atoms with Crippen molar-refractivity contribution in [3.05, 3.63) is 67.2 Å². The van der Waals surface area contributed by atoms with Gasteiger partial charge in [-0.15, -0.1) is 0 Å². The molecule has 2 heterocycles. The fraction of sp³-hybridized carbons (Fsp3) is 0.167. The van der Waals surface area contributed by atoms with E-state index in [1.165, 1.54) is 6.07 Å². The Balaban J connectivity index is 1.53. The van der Waals surface area contributed by atoms with Gasteiger partial charge in [-0.2, -0.15) is 0 Å². The summed E-state index contributed by atoms with van der Waals surface area (Å²) >= 11 is 6.19. The van der Waals surface area contributed by atoms with Crippen molar-refractivity contribution in [1.82, 2.24) is 15.3 Å². The Bertz CT molecular complexity index is 1170. The highest BCUT2D eigenvalue weighted by Gasteiger charge is 2.17. The molecule has 0 saturated carbocycles. The third kappa shape index (κ3) is 3.39. The average molecular weight is 388 g/mol. The highest BCUT2D eigenvalue weighted by atomic mass is 35.5. The molecule has 1 aliphatic rings. The van der Waals surface area contributed by atoms with Gasteiger partial charge >= 0.3 is 11.1 Å². The van der Waals surface area contributed by atoms with Gasteiger partial charge in [0.2, 0.25) is 0 Å². The molecule has 138 valence electrons. The maximum Gasteiger partial charge on any atom is 0.314 e. The van der Waals surface area contributed by atoms with E-state index in [4.69, 9.17) is 21.1 Å². The van der Waals surface area contributed by atoms with Crippen LogP contribution in [0.2, 0.25) is 5.02 Å². The van der Waals surface area contributed by atoms with Crippen LogP contribution in [0.15, 0.2) is 39.9 Å². The number of hydrogen-bond acceptors (Lipinski definition) is 5. The quantitative estimate of drug-likeness (QED) is 0.590. The molecule has 4 rings (SSSR count). The number of hydrogen-bond donors (Lipinski definition) is 3. The summed E-state index contributed by atoms with van der Waals surface area (Å²) in [5.41, 5.74) is 0.399. The highest BCUT2D eigenvalue weighted by molar-refractivity contribution is 6.32. The SMILES string of the molecule is O=C(NCc1cc(Cl)c2c(c1)OCCO2)c1ccc2[nH]c(=O)c(=O)[nH]c2c1. The molecular weight excluding hydrogens is 374 g/mol. The van der Waals surface area contributed by atoms with Gasteiger partial charge in [0.1, 0.15) is 13.2 Å². The summed E-state index contributed by atoms with van der Waals surface area (Å²) in [6.45, 7) is 1.12. The second-order valence-corrected chi connectivity index (χ2v) is 6.36. The van der Waals surface area contributed by atoms with E-state index < -0.39 is 11.1 Å². The molecule has 2 aromatic carbocycles. The lowest BCUT2D eigenvalue weighted by atomic mass is 10.1. The van der Waals surface area contributed by atoms with Crippen molar-refractivity contribution in [1.29, 1.82) is 0 Å². The third-order valence-electron chi connectivity index (χ3n) is 4.09. The standard InChI is InChI=1S/C18H14ClN3O5/c19-11-5-9(6-14-15(11)27-4-3-26-14)8-20-16(23)10-1-2-12-13(7-10)22-18(25)17(24)21-12/h1-2,5-7H,3-4,8H2,(H,20,23)(H,21,24)(H,22,25). The molecule has 0 spiro atoms. The molecule has 0 aliphatic carbocycles. The molecule has 0 saturated heterocycles. The van der Waals surface area contributed by atoms with Crippen LogP contribution in [0.1, 0.15) is 15.9 Å². The van der Waals surface area contributed by atoms with Crippen LogP contribution in [-0.2, 0) is 6.54 Å². The van der Waals surface area contributed by atoms with Crippen molar-refractivity contribution in [2.45, 2.75) is 6.54 Å². The molecule has 0 unspecified atom stereocenters. The van der Waals surface area contributed by atoms with Gasteiger partial charge in [-0.05, 0) is 35.9 Å². The van der Waals surface area contributed by atoms with Crippen LogP contribution >= 0.6 is 11.6 Å². The number of rotatable bonds is 3. The zero-order valence-electron chi connectivity index (χ0n) is 13.9. The molecular formula is C18H14ClN3O5. The smallest absolute Gasteiger partial charge is 0.314 e. The highest BCUT2D eigenvalue weighted by Crippen LogP contribution is 2.38. The van der Waals surface area contributed by atoms with Crippen molar-refractivity contribution >= 4 is 28.5 Å². The number of nitrogens with one attached hydrogen (secondary N) is 3. The minimum atomic E-state index is -0.772. The molecule has 3 N–H and O–H groups in total. The van der Waals surface area contributed by atoms with E-state index in [9.17, 15) is 14.4 Å². The van der Waals surface area contributed by atoms with Gasteiger partial charge < -0.3 is 24.8 Å². The summed E-state index contributed by atoms with van der Waals surface area (Å²) in [6.07, 6.45) is 0. The summed E-state index contributed by atoms with van der Waals surface area (Å²) in [4.78, 5) is 40.1. The maximum atomic E-state index is 12.4. The van der Waals surface area contributed by atoms with E-state index >= 15 is 0 Å². The number of aromatic nitrogens is 2. The van der Waals surface area contributed by atoms with E-state index in [1.54, 1.807) is 24.3 Å². The van der Waals surface area contributed by atoms with Crippen molar-refractivity contribution in [3.8, 4) is 11.5 Å². The van der Waals surface area contributed by atoms with Crippen LogP contribution in [0.4, 0.5) is 0 Å². The molecule has 1 aromatic heterocycles. The van der Waals surface area contributed by atoms with E-state index in [2.05, 4.69) is 15.3 Å². The minimum Gasteiger partial charge on any atom is -0.486 e. The fourth-order valence-corrected chi connectivity index (χ4v) is 3.09. The Kier molecular flexibility index (Phi) is 4.33. The van der Waals surface area contributed by atoms with E-state index in [1.807, 2.05) is 0 Å². The Morgan fingerprint density at radius 3 is 2.59 bits per heavy atom. The normalized spacial score (nSPS) is 12.8. The summed E-state index contributed by atoms with van der Waals surface area (Å²) < 4.78 is 11.0. The molecule has 27 heavy (non-hydrogen) atoms. The first-order valence-electron chi connectivity index (χ1n) is 8.14. The summed E-state index contributed by atoms with van der Waals surface area (Å²) in [5, 5.41) is 3.20. The van der Waals surface area contributed by atoms with Gasteiger partial charge in [-0.1, -0.05) is 11.6 Å². The number of fused-ring (bicyclic) bond motifs is 2. The number of ether oxygens (including phenoxy) is 2. The van der Waals surface area contributed by atoms with E-state index in [0.29, 0.717) is 46.3 Å². The van der Waals surface area contributed by atoms with Gasteiger partial charge in [-0.25, -0.2) is 0 Å². The van der Waals surface area contributed by atoms with Gasteiger partial charge in [0.05, 0.1) is 16.1 Å². The van der Waals surface area contributed by atoms with Crippen molar-refractivity contribution < 1.29 is 14.3 Å². The van der Waals surface area contributed by atoms with Crippen LogP contribution in [0, 0.1) is 0 Å². The van der Waals surface area contributed by atoms with Gasteiger partial charge in [0.25, 0.3) is 5.91 Å². The number of halogens is 1. The Hall–Kier alpha value is -3.26. The summed E-state index contributed by atoms with van der Waals surface area (Å²) in [6, 6.07) is 8.09. The Morgan fingerprint density at radius 2 is 1.78 bits per heavy atom. The Labute approximate surface area is 157 Å². The van der Waals surface area contributed by atoms with Crippen LogP contribution in [0.3, 0.4) is 0 Å². The molecule has 9 heteroatoms. The molecule has 3 aromatic rings. The second-order valence-electron chi connectivity index (χ2n) is 5.95. The average Bonchev–Trinajstić information content (AvgIpc) is 2.67. The Morgan fingerprint density at radius 1 is 1.04 bits per heavy atom. The first kappa shape index (κ1) is 17.2. The van der Waals surface area contributed by atoms with Crippen LogP contribution in [-0.4, -0.2) is 29.1 Å². The first-order valence-corrected chi connectivity index (χ1v) is 8.51.